The number of rotatable bonds is 6. The lowest BCUT2D eigenvalue weighted by atomic mass is 10.1. The molecule has 0 unspecified atom stereocenters. The van der Waals surface area contributed by atoms with Gasteiger partial charge >= 0.3 is 0 Å². The number of halogens is 1. The highest BCUT2D eigenvalue weighted by Crippen LogP contribution is 2.35. The molecule has 148 valence electrons. The van der Waals surface area contributed by atoms with Crippen LogP contribution in [-0.2, 0) is 0 Å². The predicted molar refractivity (Wildman–Crippen MR) is 121 cm³/mol. The van der Waals surface area contributed by atoms with Crippen LogP contribution in [0, 0.1) is 12.3 Å². The molecule has 1 aromatic heterocycles. The van der Waals surface area contributed by atoms with Crippen molar-refractivity contribution < 1.29 is 9.84 Å². The minimum atomic E-state index is 0.186. The number of nitrogens with one attached hydrogen (secondary N) is 1. The average molecular weight is 470 g/mol. The van der Waals surface area contributed by atoms with Gasteiger partial charge in [0.25, 0.3) is 0 Å². The number of amidine groups is 1. The van der Waals surface area contributed by atoms with Gasteiger partial charge in [-0.05, 0) is 31.2 Å². The highest BCUT2D eigenvalue weighted by molar-refractivity contribution is 9.10. The standard InChI is InChI=1S/C22H20BrN3O2S/c1-14-20(15-7-9-16(23)10-8-15)25-22(29-14)19-18(27)13-26(21(19)24)11-12-28-17-5-3-2-4-6-17/h2-10,24,27H,11-13H2,1H3. The van der Waals surface area contributed by atoms with E-state index in [0.717, 1.165) is 26.4 Å². The number of aromatic nitrogens is 1. The molecule has 3 aromatic rings. The third kappa shape index (κ3) is 4.21. The first-order valence-corrected chi connectivity index (χ1v) is 10.8. The Morgan fingerprint density at radius 3 is 2.62 bits per heavy atom. The average Bonchev–Trinajstić information content (AvgIpc) is 3.22. The smallest absolute Gasteiger partial charge is 0.135 e. The monoisotopic (exact) mass is 469 g/mol. The summed E-state index contributed by atoms with van der Waals surface area (Å²) in [4.78, 5) is 7.61. The summed E-state index contributed by atoms with van der Waals surface area (Å²) in [7, 11) is 0. The molecule has 0 fully saturated rings. The molecule has 0 amide bonds. The van der Waals surface area contributed by atoms with Crippen molar-refractivity contribution in [2.24, 2.45) is 0 Å². The molecule has 0 radical (unpaired) electrons. The number of aliphatic hydroxyl groups excluding tert-OH is 1. The van der Waals surface area contributed by atoms with Crippen molar-refractivity contribution in [1.82, 2.24) is 9.88 Å². The quantitative estimate of drug-likeness (QED) is 0.498. The van der Waals surface area contributed by atoms with Crippen molar-refractivity contribution in [2.45, 2.75) is 6.92 Å². The topological polar surface area (TPSA) is 69.4 Å². The van der Waals surface area contributed by atoms with E-state index in [1.807, 2.05) is 66.4 Å². The first-order valence-electron chi connectivity index (χ1n) is 9.20. The zero-order valence-electron chi connectivity index (χ0n) is 15.9. The molecule has 1 aliphatic heterocycles. The second-order valence-corrected chi connectivity index (χ2v) is 8.80. The molecular weight excluding hydrogens is 450 g/mol. The van der Waals surface area contributed by atoms with Crippen molar-refractivity contribution in [3.05, 3.63) is 74.7 Å². The Morgan fingerprint density at radius 2 is 1.90 bits per heavy atom. The Labute approximate surface area is 181 Å². The van der Waals surface area contributed by atoms with Gasteiger partial charge in [0, 0.05) is 14.9 Å². The summed E-state index contributed by atoms with van der Waals surface area (Å²) in [5.74, 6) is 1.27. The third-order valence-electron chi connectivity index (χ3n) is 4.68. The minimum Gasteiger partial charge on any atom is -0.510 e. The van der Waals surface area contributed by atoms with Crippen molar-refractivity contribution in [3.63, 3.8) is 0 Å². The zero-order valence-corrected chi connectivity index (χ0v) is 18.3. The molecular formula is C22H20BrN3O2S. The summed E-state index contributed by atoms with van der Waals surface area (Å²) in [5.41, 5.74) is 2.42. The van der Waals surface area contributed by atoms with Crippen molar-refractivity contribution in [2.75, 3.05) is 19.7 Å². The van der Waals surface area contributed by atoms with Crippen LogP contribution in [0.3, 0.4) is 0 Å². The van der Waals surface area contributed by atoms with E-state index in [9.17, 15) is 5.11 Å². The van der Waals surface area contributed by atoms with Gasteiger partial charge in [0.1, 0.15) is 29.0 Å². The largest absolute Gasteiger partial charge is 0.510 e. The first-order chi connectivity index (χ1) is 14.0. The Morgan fingerprint density at radius 1 is 1.17 bits per heavy atom. The fourth-order valence-electron chi connectivity index (χ4n) is 3.22. The van der Waals surface area contributed by atoms with Gasteiger partial charge in [-0.3, -0.25) is 5.41 Å². The van der Waals surface area contributed by atoms with Gasteiger partial charge < -0.3 is 14.7 Å². The number of thiazole rings is 1. The van der Waals surface area contributed by atoms with Crippen molar-refractivity contribution >= 4 is 38.7 Å². The van der Waals surface area contributed by atoms with Crippen LogP contribution in [0.25, 0.3) is 16.8 Å². The maximum atomic E-state index is 10.5. The SMILES string of the molecule is Cc1sc(C2=C(O)CN(CCOc3ccccc3)C2=N)nc1-c1ccc(Br)cc1. The van der Waals surface area contributed by atoms with Gasteiger partial charge in [-0.2, -0.15) is 0 Å². The molecule has 1 aliphatic rings. The summed E-state index contributed by atoms with van der Waals surface area (Å²) < 4.78 is 6.74. The molecule has 7 heteroatoms. The minimum absolute atomic E-state index is 0.186. The molecule has 0 aliphatic carbocycles. The van der Waals surface area contributed by atoms with E-state index in [2.05, 4.69) is 15.9 Å². The van der Waals surface area contributed by atoms with Gasteiger partial charge in [0.15, 0.2) is 0 Å². The fourth-order valence-corrected chi connectivity index (χ4v) is 4.49. The summed E-state index contributed by atoms with van der Waals surface area (Å²) in [6.07, 6.45) is 0. The summed E-state index contributed by atoms with van der Waals surface area (Å²) in [5, 5.41) is 19.7. The number of ether oxygens (including phenoxy) is 1. The number of aliphatic hydroxyl groups is 1. The second kappa shape index (κ2) is 8.39. The van der Waals surface area contributed by atoms with Gasteiger partial charge in [0.05, 0.1) is 24.4 Å². The van der Waals surface area contributed by atoms with E-state index in [4.69, 9.17) is 15.1 Å². The van der Waals surface area contributed by atoms with Crippen LogP contribution >= 0.6 is 27.3 Å². The Balaban J connectivity index is 1.47. The van der Waals surface area contributed by atoms with Crippen LogP contribution in [0.4, 0.5) is 0 Å². The number of hydrogen-bond donors (Lipinski definition) is 2. The van der Waals surface area contributed by atoms with Crippen LogP contribution in [0.1, 0.15) is 9.88 Å². The molecule has 4 rings (SSSR count). The molecule has 0 spiro atoms. The lowest BCUT2D eigenvalue weighted by molar-refractivity contribution is 0.265. The van der Waals surface area contributed by atoms with E-state index in [-0.39, 0.29) is 11.6 Å². The van der Waals surface area contributed by atoms with Crippen LogP contribution in [0.2, 0.25) is 0 Å². The number of benzene rings is 2. The Bertz CT molecular complexity index is 1060. The molecule has 0 saturated heterocycles. The van der Waals surface area contributed by atoms with E-state index in [1.165, 1.54) is 11.3 Å². The van der Waals surface area contributed by atoms with E-state index in [0.29, 0.717) is 30.3 Å². The van der Waals surface area contributed by atoms with E-state index in [1.54, 1.807) is 0 Å². The Kier molecular flexibility index (Phi) is 5.69. The molecule has 29 heavy (non-hydrogen) atoms. The van der Waals surface area contributed by atoms with E-state index < -0.39 is 0 Å². The highest BCUT2D eigenvalue weighted by atomic mass is 79.9. The van der Waals surface area contributed by atoms with Crippen LogP contribution in [0.5, 0.6) is 5.75 Å². The molecule has 2 N–H and O–H groups in total. The maximum Gasteiger partial charge on any atom is 0.135 e. The zero-order chi connectivity index (χ0) is 20.4. The third-order valence-corrected chi connectivity index (χ3v) is 6.20. The molecule has 2 aromatic carbocycles. The molecule has 5 nitrogen and oxygen atoms in total. The molecule has 0 bridgehead atoms. The fraction of sp³-hybridized carbons (Fsp3) is 0.182. The normalized spacial score (nSPS) is 14.0. The lowest BCUT2D eigenvalue weighted by Crippen LogP contribution is -2.31. The van der Waals surface area contributed by atoms with Gasteiger partial charge in [-0.1, -0.05) is 46.3 Å². The maximum absolute atomic E-state index is 10.5. The molecule has 0 saturated carbocycles. The van der Waals surface area contributed by atoms with Crippen LogP contribution in [-0.4, -0.2) is 40.5 Å². The molecule has 2 heterocycles. The van der Waals surface area contributed by atoms with Crippen molar-refractivity contribution in [3.8, 4) is 17.0 Å². The number of aryl methyl sites for hydroxylation is 1. The van der Waals surface area contributed by atoms with Gasteiger partial charge in [-0.25, -0.2) is 4.98 Å². The number of nitrogens with zero attached hydrogens (tertiary/aromatic N) is 2. The van der Waals surface area contributed by atoms with E-state index >= 15 is 0 Å². The Hall–Kier alpha value is -2.64. The first kappa shape index (κ1) is 19.7. The van der Waals surface area contributed by atoms with Crippen LogP contribution < -0.4 is 4.74 Å². The highest BCUT2D eigenvalue weighted by Gasteiger charge is 2.30. The summed E-state index contributed by atoms with van der Waals surface area (Å²) in [6.45, 7) is 3.28. The van der Waals surface area contributed by atoms with Crippen molar-refractivity contribution in [1.29, 1.82) is 5.41 Å². The predicted octanol–water partition coefficient (Wildman–Crippen LogP) is 5.52. The van der Waals surface area contributed by atoms with Crippen LogP contribution in [0.15, 0.2) is 64.8 Å². The second-order valence-electron chi connectivity index (χ2n) is 6.68. The molecule has 0 atom stereocenters. The summed E-state index contributed by atoms with van der Waals surface area (Å²) >= 11 is 4.95. The lowest BCUT2D eigenvalue weighted by Gasteiger charge is -2.18. The number of hydrogen-bond acceptors (Lipinski definition) is 5. The number of para-hydroxylation sites is 1. The van der Waals surface area contributed by atoms with Gasteiger partial charge in [-0.15, -0.1) is 11.3 Å². The van der Waals surface area contributed by atoms with Gasteiger partial charge in [0.2, 0.25) is 0 Å². The summed E-state index contributed by atoms with van der Waals surface area (Å²) in [6, 6.07) is 17.6.